The van der Waals surface area contributed by atoms with E-state index >= 15 is 0 Å². The van der Waals surface area contributed by atoms with Crippen LogP contribution in [0.4, 0.5) is 14.5 Å². The lowest BCUT2D eigenvalue weighted by molar-refractivity contribution is 0.185. The molecule has 0 amide bonds. The average Bonchev–Trinajstić information content (AvgIpc) is 2.41. The highest BCUT2D eigenvalue weighted by atomic mass is 19.2. The fourth-order valence-corrected chi connectivity index (χ4v) is 1.83. The number of benzene rings is 2. The molecular weight excluding hydrogens is 248 g/mol. The number of halogens is 2. The van der Waals surface area contributed by atoms with Crippen LogP contribution in [0.25, 0.3) is 0 Å². The van der Waals surface area contributed by atoms with E-state index in [0.717, 1.165) is 17.2 Å². The predicted octanol–water partition coefficient (Wildman–Crippen LogP) is 3.72. The first-order valence-electron chi connectivity index (χ1n) is 5.95. The minimum Gasteiger partial charge on any atom is -0.380 e. The van der Waals surface area contributed by atoms with Gasteiger partial charge in [-0.15, -0.1) is 0 Å². The van der Waals surface area contributed by atoms with Crippen LogP contribution in [0, 0.1) is 11.6 Å². The molecule has 19 heavy (non-hydrogen) atoms. The van der Waals surface area contributed by atoms with Gasteiger partial charge in [0.15, 0.2) is 11.6 Å². The van der Waals surface area contributed by atoms with E-state index in [1.54, 1.807) is 7.11 Å². The topological polar surface area (TPSA) is 21.3 Å². The van der Waals surface area contributed by atoms with E-state index in [-0.39, 0.29) is 5.69 Å². The highest BCUT2D eigenvalue weighted by molar-refractivity contribution is 5.45. The highest BCUT2D eigenvalue weighted by Crippen LogP contribution is 2.17. The van der Waals surface area contributed by atoms with Gasteiger partial charge in [-0.25, -0.2) is 8.78 Å². The van der Waals surface area contributed by atoms with Crippen LogP contribution in [0.15, 0.2) is 42.5 Å². The third-order valence-corrected chi connectivity index (χ3v) is 2.74. The molecule has 0 aliphatic carbocycles. The largest absolute Gasteiger partial charge is 0.380 e. The number of ether oxygens (including phenoxy) is 1. The van der Waals surface area contributed by atoms with Crippen LogP contribution in [0.5, 0.6) is 0 Å². The third-order valence-electron chi connectivity index (χ3n) is 2.74. The van der Waals surface area contributed by atoms with E-state index in [1.807, 2.05) is 24.3 Å². The Bertz CT molecular complexity index is 558. The summed E-state index contributed by atoms with van der Waals surface area (Å²) in [5.74, 6) is -1.70. The molecule has 2 rings (SSSR count). The van der Waals surface area contributed by atoms with Crippen molar-refractivity contribution in [3.05, 3.63) is 65.2 Å². The zero-order valence-electron chi connectivity index (χ0n) is 10.6. The minimum atomic E-state index is -0.851. The van der Waals surface area contributed by atoms with Crippen molar-refractivity contribution in [3.63, 3.8) is 0 Å². The highest BCUT2D eigenvalue weighted by Gasteiger charge is 2.06. The van der Waals surface area contributed by atoms with Gasteiger partial charge in [0, 0.05) is 13.7 Å². The Morgan fingerprint density at radius 1 is 1.05 bits per heavy atom. The molecule has 1 N–H and O–H groups in total. The fourth-order valence-electron chi connectivity index (χ4n) is 1.83. The molecule has 0 bridgehead atoms. The normalized spacial score (nSPS) is 10.5. The molecule has 0 aliphatic heterocycles. The molecule has 0 heterocycles. The molecule has 2 aromatic rings. The predicted molar refractivity (Wildman–Crippen MR) is 70.8 cm³/mol. The Morgan fingerprint density at radius 2 is 1.79 bits per heavy atom. The summed E-state index contributed by atoms with van der Waals surface area (Å²) in [5.41, 5.74) is 2.19. The van der Waals surface area contributed by atoms with Crippen molar-refractivity contribution in [3.8, 4) is 0 Å². The fraction of sp³-hybridized carbons (Fsp3) is 0.200. The smallest absolute Gasteiger partial charge is 0.181 e. The number of anilines is 1. The molecule has 4 heteroatoms. The number of hydrogen-bond donors (Lipinski definition) is 1. The van der Waals surface area contributed by atoms with Gasteiger partial charge in [0.2, 0.25) is 0 Å². The summed E-state index contributed by atoms with van der Waals surface area (Å²) < 4.78 is 31.5. The van der Waals surface area contributed by atoms with Crippen molar-refractivity contribution in [1.29, 1.82) is 0 Å². The minimum absolute atomic E-state index is 0.164. The van der Waals surface area contributed by atoms with Gasteiger partial charge in [-0.1, -0.05) is 30.3 Å². The van der Waals surface area contributed by atoms with Gasteiger partial charge in [-0.2, -0.15) is 0 Å². The Hall–Kier alpha value is -1.94. The molecule has 0 unspecified atom stereocenters. The number of nitrogens with one attached hydrogen (secondary N) is 1. The van der Waals surface area contributed by atoms with Crippen LogP contribution >= 0.6 is 0 Å². The summed E-state index contributed by atoms with van der Waals surface area (Å²) in [6.45, 7) is 0.958. The van der Waals surface area contributed by atoms with Crippen LogP contribution in [0.2, 0.25) is 0 Å². The van der Waals surface area contributed by atoms with Crippen molar-refractivity contribution < 1.29 is 13.5 Å². The van der Waals surface area contributed by atoms with Crippen LogP contribution in [0.1, 0.15) is 11.1 Å². The second kappa shape index (κ2) is 6.29. The van der Waals surface area contributed by atoms with E-state index in [2.05, 4.69) is 5.32 Å². The molecule has 2 nitrogen and oxygen atoms in total. The van der Waals surface area contributed by atoms with E-state index in [0.29, 0.717) is 13.2 Å². The van der Waals surface area contributed by atoms with E-state index in [4.69, 9.17) is 4.74 Å². The first kappa shape index (κ1) is 13.5. The lowest BCUT2D eigenvalue weighted by Gasteiger charge is -2.09. The van der Waals surface area contributed by atoms with Crippen molar-refractivity contribution in [2.24, 2.45) is 0 Å². The van der Waals surface area contributed by atoms with E-state index in [9.17, 15) is 8.78 Å². The maximum Gasteiger partial charge on any atom is 0.181 e. The maximum absolute atomic E-state index is 13.4. The summed E-state index contributed by atoms with van der Waals surface area (Å²) in [6.07, 6.45) is 0. The second-order valence-electron chi connectivity index (χ2n) is 4.21. The molecule has 0 fully saturated rings. The molecule has 100 valence electrons. The van der Waals surface area contributed by atoms with Gasteiger partial charge < -0.3 is 10.1 Å². The molecule has 0 saturated carbocycles. The molecule has 0 saturated heterocycles. The van der Waals surface area contributed by atoms with Crippen LogP contribution in [0.3, 0.4) is 0 Å². The summed E-state index contributed by atoms with van der Waals surface area (Å²) in [6, 6.07) is 11.8. The van der Waals surface area contributed by atoms with E-state index in [1.165, 1.54) is 12.1 Å². The van der Waals surface area contributed by atoms with Gasteiger partial charge in [-0.3, -0.25) is 0 Å². The molecule has 0 spiro atoms. The Morgan fingerprint density at radius 3 is 2.58 bits per heavy atom. The zero-order chi connectivity index (χ0) is 13.7. The molecule has 0 aliphatic rings. The third kappa shape index (κ3) is 3.51. The Labute approximate surface area is 111 Å². The quantitative estimate of drug-likeness (QED) is 0.887. The van der Waals surface area contributed by atoms with Gasteiger partial charge in [0.1, 0.15) is 0 Å². The van der Waals surface area contributed by atoms with Crippen LogP contribution in [-0.4, -0.2) is 7.11 Å². The zero-order valence-corrected chi connectivity index (χ0v) is 10.6. The Kier molecular flexibility index (Phi) is 4.47. The summed E-state index contributed by atoms with van der Waals surface area (Å²) >= 11 is 0. The van der Waals surface area contributed by atoms with Crippen molar-refractivity contribution in [1.82, 2.24) is 0 Å². The maximum atomic E-state index is 13.4. The number of hydrogen-bond acceptors (Lipinski definition) is 2. The van der Waals surface area contributed by atoms with Gasteiger partial charge in [0.25, 0.3) is 0 Å². The lowest BCUT2D eigenvalue weighted by atomic mass is 10.1. The molecule has 2 aromatic carbocycles. The SMILES string of the molecule is COCc1cccc(CNc2cccc(F)c2F)c1. The average molecular weight is 263 g/mol. The van der Waals surface area contributed by atoms with Crippen molar-refractivity contribution in [2.75, 3.05) is 12.4 Å². The first-order valence-corrected chi connectivity index (χ1v) is 5.95. The monoisotopic (exact) mass is 263 g/mol. The molecule has 0 radical (unpaired) electrons. The summed E-state index contributed by atoms with van der Waals surface area (Å²) in [7, 11) is 1.63. The summed E-state index contributed by atoms with van der Waals surface area (Å²) in [4.78, 5) is 0. The number of methoxy groups -OCH3 is 1. The van der Waals surface area contributed by atoms with Crippen LogP contribution in [-0.2, 0) is 17.9 Å². The van der Waals surface area contributed by atoms with Gasteiger partial charge in [0.05, 0.1) is 12.3 Å². The number of rotatable bonds is 5. The summed E-state index contributed by atoms with van der Waals surface area (Å²) in [5, 5.41) is 2.88. The molecular formula is C15H15F2NO. The molecule has 0 atom stereocenters. The standard InChI is InChI=1S/C15H15F2NO/c1-19-10-12-5-2-4-11(8-12)9-18-14-7-3-6-13(16)15(14)17/h2-8,18H,9-10H2,1H3. The van der Waals surface area contributed by atoms with Gasteiger partial charge >= 0.3 is 0 Å². The molecule has 0 aromatic heterocycles. The van der Waals surface area contributed by atoms with Gasteiger partial charge in [-0.05, 0) is 23.3 Å². The van der Waals surface area contributed by atoms with Crippen molar-refractivity contribution >= 4 is 5.69 Å². The van der Waals surface area contributed by atoms with Crippen LogP contribution < -0.4 is 5.32 Å². The Balaban J connectivity index is 2.06. The lowest BCUT2D eigenvalue weighted by Crippen LogP contribution is -2.03. The van der Waals surface area contributed by atoms with Crippen molar-refractivity contribution in [2.45, 2.75) is 13.2 Å². The first-order chi connectivity index (χ1) is 9.20. The van der Waals surface area contributed by atoms with E-state index < -0.39 is 11.6 Å². The second-order valence-corrected chi connectivity index (χ2v) is 4.21.